The van der Waals surface area contributed by atoms with E-state index in [9.17, 15) is 22.8 Å². The highest BCUT2D eigenvalue weighted by atomic mass is 19.4. The molecule has 266 valence electrons. The number of ether oxygens (including phenoxy) is 2. The number of halogens is 3. The first-order valence-corrected chi connectivity index (χ1v) is 16.4. The molecule has 2 amide bonds. The van der Waals surface area contributed by atoms with Crippen molar-refractivity contribution in [1.82, 2.24) is 24.6 Å². The Labute approximate surface area is 292 Å². The number of fused-ring (bicyclic) bond motifs is 1. The van der Waals surface area contributed by atoms with Gasteiger partial charge in [0.1, 0.15) is 11.4 Å². The van der Waals surface area contributed by atoms with Gasteiger partial charge in [-0.05, 0) is 88.1 Å². The molecule has 3 aromatic carbocycles. The van der Waals surface area contributed by atoms with Gasteiger partial charge in [0, 0.05) is 53.2 Å². The van der Waals surface area contributed by atoms with E-state index in [4.69, 9.17) is 20.3 Å². The van der Waals surface area contributed by atoms with E-state index in [0.29, 0.717) is 64.8 Å². The summed E-state index contributed by atoms with van der Waals surface area (Å²) in [7, 11) is 1.54. The zero-order chi connectivity index (χ0) is 36.7. The van der Waals surface area contributed by atoms with E-state index in [-0.39, 0.29) is 29.3 Å². The van der Waals surface area contributed by atoms with Crippen molar-refractivity contribution >= 4 is 34.5 Å². The lowest BCUT2D eigenvalue weighted by Crippen LogP contribution is -2.42. The van der Waals surface area contributed by atoms with Crippen molar-refractivity contribution in [3.05, 3.63) is 83.8 Å². The van der Waals surface area contributed by atoms with E-state index in [0.717, 1.165) is 17.7 Å². The lowest BCUT2D eigenvalue weighted by molar-refractivity contribution is -0.137. The molecule has 1 saturated heterocycles. The number of alkyl halides is 3. The van der Waals surface area contributed by atoms with Crippen molar-refractivity contribution in [3.8, 4) is 28.0 Å². The minimum Gasteiger partial charge on any atom is -0.495 e. The summed E-state index contributed by atoms with van der Waals surface area (Å²) in [6, 6.07) is 11.4. The number of nitrogens with one attached hydrogen (secondary N) is 1. The second-order valence-corrected chi connectivity index (χ2v) is 13.5. The van der Waals surface area contributed by atoms with Crippen molar-refractivity contribution in [1.29, 1.82) is 0 Å². The summed E-state index contributed by atoms with van der Waals surface area (Å²) in [6.07, 6.45) is 1.74. The van der Waals surface area contributed by atoms with Crippen LogP contribution in [0.5, 0.6) is 5.75 Å². The van der Waals surface area contributed by atoms with Gasteiger partial charge in [0.15, 0.2) is 0 Å². The van der Waals surface area contributed by atoms with Crippen molar-refractivity contribution in [2.75, 3.05) is 31.2 Å². The van der Waals surface area contributed by atoms with Crippen molar-refractivity contribution in [2.45, 2.75) is 58.4 Å². The Bertz CT molecular complexity index is 2120. The highest BCUT2D eigenvalue weighted by Crippen LogP contribution is 2.45. The molecule has 1 aliphatic rings. The number of aryl methyl sites for hydroxylation is 1. The van der Waals surface area contributed by atoms with Crippen LogP contribution in [0.15, 0.2) is 67.1 Å². The number of rotatable bonds is 6. The number of benzene rings is 3. The van der Waals surface area contributed by atoms with Gasteiger partial charge in [0.25, 0.3) is 5.91 Å². The molecular weight excluding hydrogens is 663 g/mol. The van der Waals surface area contributed by atoms with E-state index in [1.165, 1.54) is 19.2 Å². The Morgan fingerprint density at radius 3 is 2.43 bits per heavy atom. The van der Waals surface area contributed by atoms with Crippen LogP contribution in [0.25, 0.3) is 33.2 Å². The van der Waals surface area contributed by atoms with Crippen LogP contribution < -0.4 is 15.8 Å². The van der Waals surface area contributed by atoms with Gasteiger partial charge in [-0.3, -0.25) is 9.48 Å². The fourth-order valence-electron chi connectivity index (χ4n) is 6.19. The third-order valence-electron chi connectivity index (χ3n) is 8.67. The van der Waals surface area contributed by atoms with Gasteiger partial charge in [-0.2, -0.15) is 18.3 Å². The molecule has 14 heteroatoms. The maximum Gasteiger partial charge on any atom is 0.416 e. The highest BCUT2D eigenvalue weighted by molar-refractivity contribution is 6.06. The first kappa shape index (κ1) is 35.2. The minimum atomic E-state index is -4.55. The SMILES string of the molecule is COc1c(-c2cc(C(=O)Nc3cccc(C(F)(F)F)c3)ccc2C)cc2cnc(N)nc2c1-c1cnn(C2CCN(C(=O)OC(C)(C)C)CC2)c1. The van der Waals surface area contributed by atoms with Gasteiger partial charge in [-0.25, -0.2) is 14.8 Å². The number of carbonyl (C=O) groups is 2. The normalized spacial score (nSPS) is 14.1. The molecule has 51 heavy (non-hydrogen) atoms. The summed E-state index contributed by atoms with van der Waals surface area (Å²) in [5.74, 6) is -0.0472. The summed E-state index contributed by atoms with van der Waals surface area (Å²) < 4.78 is 53.4. The van der Waals surface area contributed by atoms with Crippen molar-refractivity contribution in [2.24, 2.45) is 0 Å². The predicted octanol–water partition coefficient (Wildman–Crippen LogP) is 7.90. The number of nitrogens with zero attached hydrogens (tertiary/aromatic N) is 5. The summed E-state index contributed by atoms with van der Waals surface area (Å²) in [5, 5.41) is 7.94. The Morgan fingerprint density at radius 2 is 1.75 bits per heavy atom. The fourth-order valence-corrected chi connectivity index (χ4v) is 6.19. The Morgan fingerprint density at radius 1 is 1.00 bits per heavy atom. The molecule has 0 bridgehead atoms. The number of hydrogen-bond donors (Lipinski definition) is 2. The molecule has 3 heterocycles. The lowest BCUT2D eigenvalue weighted by Gasteiger charge is -2.33. The number of hydrogen-bond acceptors (Lipinski definition) is 8. The van der Waals surface area contributed by atoms with E-state index >= 15 is 0 Å². The Kier molecular flexibility index (Phi) is 9.36. The average Bonchev–Trinajstić information content (AvgIpc) is 3.56. The number of nitrogens with two attached hydrogens (primary N) is 1. The molecule has 6 rings (SSSR count). The Balaban J connectivity index is 1.35. The van der Waals surface area contributed by atoms with E-state index in [2.05, 4.69) is 15.3 Å². The smallest absolute Gasteiger partial charge is 0.416 e. The summed E-state index contributed by atoms with van der Waals surface area (Å²) in [5.41, 5.74) is 8.84. The molecule has 3 N–H and O–H groups in total. The number of aromatic nitrogens is 4. The third-order valence-corrected chi connectivity index (χ3v) is 8.67. The number of methoxy groups -OCH3 is 1. The largest absolute Gasteiger partial charge is 0.495 e. The van der Waals surface area contributed by atoms with Crippen LogP contribution >= 0.6 is 0 Å². The monoisotopic (exact) mass is 701 g/mol. The minimum absolute atomic E-state index is 0.0183. The quantitative estimate of drug-likeness (QED) is 0.182. The molecule has 2 aromatic heterocycles. The lowest BCUT2D eigenvalue weighted by atomic mass is 9.92. The summed E-state index contributed by atoms with van der Waals surface area (Å²) in [4.78, 5) is 36.4. The molecule has 0 atom stereocenters. The molecule has 0 aliphatic carbocycles. The third kappa shape index (κ3) is 7.59. The number of amides is 2. The van der Waals surface area contributed by atoms with Gasteiger partial charge in [-0.15, -0.1) is 0 Å². The van der Waals surface area contributed by atoms with E-state index < -0.39 is 23.2 Å². The highest BCUT2D eigenvalue weighted by Gasteiger charge is 2.31. The maximum atomic E-state index is 13.3. The maximum absolute atomic E-state index is 13.3. The van der Waals surface area contributed by atoms with Crippen molar-refractivity contribution < 1.29 is 32.2 Å². The van der Waals surface area contributed by atoms with Gasteiger partial charge in [0.05, 0.1) is 36.0 Å². The van der Waals surface area contributed by atoms with Crippen molar-refractivity contribution in [3.63, 3.8) is 0 Å². The first-order chi connectivity index (χ1) is 24.1. The zero-order valence-electron chi connectivity index (χ0n) is 28.8. The van der Waals surface area contributed by atoms with Crippen LogP contribution in [0, 0.1) is 6.92 Å². The number of nitrogen functional groups attached to an aromatic ring is 1. The van der Waals surface area contributed by atoms with E-state index in [1.54, 1.807) is 35.5 Å². The van der Waals surface area contributed by atoms with Crippen LogP contribution in [-0.2, 0) is 10.9 Å². The van der Waals surface area contributed by atoms with Crippen LogP contribution in [0.3, 0.4) is 0 Å². The molecule has 11 nitrogen and oxygen atoms in total. The molecule has 0 spiro atoms. The molecule has 0 unspecified atom stereocenters. The number of piperidine rings is 1. The predicted molar refractivity (Wildman–Crippen MR) is 187 cm³/mol. The van der Waals surface area contributed by atoms with Crippen LogP contribution in [0.1, 0.15) is 61.1 Å². The fraction of sp³-hybridized carbons (Fsp3) is 0.324. The summed E-state index contributed by atoms with van der Waals surface area (Å²) in [6.45, 7) is 8.46. The number of likely N-dealkylation sites (tertiary alicyclic amines) is 1. The molecular formula is C37H38F3N7O4. The topological polar surface area (TPSA) is 137 Å². The number of carbonyl (C=O) groups excluding carboxylic acids is 2. The molecule has 0 saturated carbocycles. The van der Waals surface area contributed by atoms with Crippen LogP contribution in [0.2, 0.25) is 0 Å². The second-order valence-electron chi connectivity index (χ2n) is 13.5. The molecule has 0 radical (unpaired) electrons. The zero-order valence-corrected chi connectivity index (χ0v) is 28.8. The molecule has 5 aromatic rings. The van der Waals surface area contributed by atoms with Gasteiger partial charge < -0.3 is 25.4 Å². The van der Waals surface area contributed by atoms with Gasteiger partial charge in [0.2, 0.25) is 5.95 Å². The average molecular weight is 702 g/mol. The van der Waals surface area contributed by atoms with Crippen LogP contribution in [0.4, 0.5) is 29.6 Å². The first-order valence-electron chi connectivity index (χ1n) is 16.4. The Hall–Kier alpha value is -5.66. The standard InChI is InChI=1S/C37H38F3N7O4/c1-21-9-10-22(33(48)44-26-8-6-7-25(17-26)37(38,39)40)15-28(21)29-16-23-18-42-34(41)45-31(23)30(32(29)50-5)24-19-43-47(20-24)27-11-13-46(14-12-27)35(49)51-36(2,3)4/h6-10,15-20,27H,11-14H2,1-5H3,(H,44,48)(H2,41,42,45). The second kappa shape index (κ2) is 13.6. The van der Waals surface area contributed by atoms with Gasteiger partial charge in [-0.1, -0.05) is 12.1 Å². The molecule has 1 fully saturated rings. The van der Waals surface area contributed by atoms with Crippen LogP contribution in [-0.4, -0.2) is 62.4 Å². The van der Waals surface area contributed by atoms with E-state index in [1.807, 2.05) is 44.6 Å². The van der Waals surface area contributed by atoms with Gasteiger partial charge >= 0.3 is 12.3 Å². The number of anilines is 2. The summed E-state index contributed by atoms with van der Waals surface area (Å²) >= 11 is 0. The molecule has 1 aliphatic heterocycles.